The van der Waals surface area contributed by atoms with E-state index in [1.807, 2.05) is 23.9 Å². The molecule has 0 unspecified atom stereocenters. The molecule has 1 aliphatic carbocycles. The van der Waals surface area contributed by atoms with Crippen LogP contribution in [-0.4, -0.2) is 44.3 Å². The van der Waals surface area contributed by atoms with Crippen LogP contribution in [0.2, 0.25) is 0 Å². The van der Waals surface area contributed by atoms with Gasteiger partial charge in [0.1, 0.15) is 11.9 Å². The topological polar surface area (TPSA) is 80.1 Å². The number of likely N-dealkylation sites (tertiary alicyclic amines) is 1. The smallest absolute Gasteiger partial charge is 0.251 e. The van der Waals surface area contributed by atoms with Crippen molar-refractivity contribution in [2.24, 2.45) is 7.05 Å². The number of amides is 2. The Labute approximate surface area is 152 Å². The number of likely N-dealkylation sites (N-methyl/N-ethyl adjacent to an activating group) is 1. The van der Waals surface area contributed by atoms with Crippen molar-refractivity contribution in [2.45, 2.75) is 43.7 Å². The van der Waals surface area contributed by atoms with Gasteiger partial charge >= 0.3 is 0 Å². The highest BCUT2D eigenvalue weighted by Crippen LogP contribution is 2.39. The SMILES string of the molecule is CN1C(=O)CC[C@@H](NC(=O)c2ccnc(C3CC3)c2)[C@@H]1c1nccn1C. The lowest BCUT2D eigenvalue weighted by molar-refractivity contribution is -0.136. The molecule has 7 nitrogen and oxygen atoms in total. The summed E-state index contributed by atoms with van der Waals surface area (Å²) in [5.41, 5.74) is 1.62. The van der Waals surface area contributed by atoms with Gasteiger partial charge in [0, 0.05) is 56.3 Å². The third-order valence-electron chi connectivity index (χ3n) is 5.34. The number of nitrogens with one attached hydrogen (secondary N) is 1. The molecule has 1 saturated carbocycles. The first kappa shape index (κ1) is 16.8. The van der Waals surface area contributed by atoms with E-state index < -0.39 is 0 Å². The fourth-order valence-electron chi connectivity index (χ4n) is 3.65. The summed E-state index contributed by atoms with van der Waals surface area (Å²) in [6.45, 7) is 0. The number of carbonyl (C=O) groups excluding carboxylic acids is 2. The van der Waals surface area contributed by atoms with Gasteiger partial charge < -0.3 is 14.8 Å². The maximum absolute atomic E-state index is 12.8. The molecule has 2 fully saturated rings. The quantitative estimate of drug-likeness (QED) is 0.909. The molecule has 1 saturated heterocycles. The first-order valence-corrected chi connectivity index (χ1v) is 9.04. The van der Waals surface area contributed by atoms with Crippen LogP contribution in [0.5, 0.6) is 0 Å². The van der Waals surface area contributed by atoms with E-state index in [1.54, 1.807) is 30.4 Å². The summed E-state index contributed by atoms with van der Waals surface area (Å²) in [6, 6.07) is 3.18. The molecule has 26 heavy (non-hydrogen) atoms. The standard InChI is InChI=1S/C19H23N5O2/c1-23-10-9-21-18(23)17-14(5-6-16(25)24(17)2)22-19(26)13-7-8-20-15(11-13)12-3-4-12/h7-12,14,17H,3-6H2,1-2H3,(H,22,26)/t14-,17-/m1/s1. The van der Waals surface area contributed by atoms with Gasteiger partial charge in [0.05, 0.1) is 6.04 Å². The van der Waals surface area contributed by atoms with Gasteiger partial charge in [-0.2, -0.15) is 0 Å². The zero-order valence-corrected chi connectivity index (χ0v) is 15.1. The molecule has 2 aliphatic rings. The fraction of sp³-hybridized carbons (Fsp3) is 0.474. The molecule has 0 radical (unpaired) electrons. The van der Waals surface area contributed by atoms with Crippen LogP contribution in [0.3, 0.4) is 0 Å². The van der Waals surface area contributed by atoms with E-state index in [4.69, 9.17) is 0 Å². The highest BCUT2D eigenvalue weighted by atomic mass is 16.2. The van der Waals surface area contributed by atoms with Crippen LogP contribution >= 0.6 is 0 Å². The molecule has 4 rings (SSSR count). The largest absolute Gasteiger partial charge is 0.347 e. The van der Waals surface area contributed by atoms with E-state index in [-0.39, 0.29) is 23.9 Å². The molecule has 0 bridgehead atoms. The molecule has 2 aromatic rings. The van der Waals surface area contributed by atoms with Gasteiger partial charge in [-0.15, -0.1) is 0 Å². The Morgan fingerprint density at radius 3 is 2.69 bits per heavy atom. The van der Waals surface area contributed by atoms with E-state index in [9.17, 15) is 9.59 Å². The van der Waals surface area contributed by atoms with Gasteiger partial charge in [0.2, 0.25) is 5.91 Å². The predicted octanol–water partition coefficient (Wildman–Crippen LogP) is 1.78. The van der Waals surface area contributed by atoms with Crippen LogP contribution in [0.4, 0.5) is 0 Å². The Hall–Kier alpha value is -2.70. The Bertz CT molecular complexity index is 842. The third kappa shape index (κ3) is 3.09. The van der Waals surface area contributed by atoms with Crippen LogP contribution in [0.1, 0.15) is 59.5 Å². The molecule has 0 spiro atoms. The van der Waals surface area contributed by atoms with Gasteiger partial charge in [-0.3, -0.25) is 14.6 Å². The number of aromatic nitrogens is 3. The van der Waals surface area contributed by atoms with Crippen LogP contribution in [0.15, 0.2) is 30.7 Å². The van der Waals surface area contributed by atoms with Gasteiger partial charge in [0.15, 0.2) is 0 Å². The summed E-state index contributed by atoms with van der Waals surface area (Å²) in [6.07, 6.45) is 8.59. The Morgan fingerprint density at radius 2 is 2.00 bits per heavy atom. The lowest BCUT2D eigenvalue weighted by atomic mass is 9.95. The van der Waals surface area contributed by atoms with Crippen LogP contribution in [0.25, 0.3) is 0 Å². The molecule has 0 aromatic carbocycles. The van der Waals surface area contributed by atoms with E-state index >= 15 is 0 Å². The Morgan fingerprint density at radius 1 is 1.19 bits per heavy atom. The normalized spacial score (nSPS) is 23.2. The molecule has 2 amide bonds. The number of hydrogen-bond donors (Lipinski definition) is 1. The van der Waals surface area contributed by atoms with Crippen LogP contribution < -0.4 is 5.32 Å². The van der Waals surface area contributed by atoms with Gasteiger partial charge in [-0.25, -0.2) is 4.98 Å². The number of carbonyl (C=O) groups is 2. The summed E-state index contributed by atoms with van der Waals surface area (Å²) >= 11 is 0. The molecule has 2 atom stereocenters. The summed E-state index contributed by atoms with van der Waals surface area (Å²) in [7, 11) is 3.68. The molecule has 3 heterocycles. The van der Waals surface area contributed by atoms with E-state index in [1.165, 1.54) is 0 Å². The van der Waals surface area contributed by atoms with Gasteiger partial charge in [0.25, 0.3) is 5.91 Å². The predicted molar refractivity (Wildman–Crippen MR) is 95.4 cm³/mol. The van der Waals surface area contributed by atoms with Crippen molar-refractivity contribution in [3.8, 4) is 0 Å². The maximum Gasteiger partial charge on any atom is 0.251 e. The van der Waals surface area contributed by atoms with Crippen molar-refractivity contribution in [2.75, 3.05) is 7.05 Å². The van der Waals surface area contributed by atoms with E-state index in [2.05, 4.69) is 15.3 Å². The zero-order chi connectivity index (χ0) is 18.3. The minimum absolute atomic E-state index is 0.0726. The van der Waals surface area contributed by atoms with Gasteiger partial charge in [-0.1, -0.05) is 0 Å². The molecular formula is C19H23N5O2. The highest BCUT2D eigenvalue weighted by Gasteiger charge is 2.38. The minimum Gasteiger partial charge on any atom is -0.347 e. The highest BCUT2D eigenvalue weighted by molar-refractivity contribution is 5.94. The average Bonchev–Trinajstić information content (AvgIpc) is 3.41. The second-order valence-electron chi connectivity index (χ2n) is 7.21. The second kappa shape index (κ2) is 6.55. The molecular weight excluding hydrogens is 330 g/mol. The van der Waals surface area contributed by atoms with Crippen molar-refractivity contribution in [1.82, 2.24) is 24.8 Å². The average molecular weight is 353 g/mol. The van der Waals surface area contributed by atoms with E-state index in [0.29, 0.717) is 24.3 Å². The zero-order valence-electron chi connectivity index (χ0n) is 15.1. The summed E-state index contributed by atoms with van der Waals surface area (Å²) in [5.74, 6) is 1.23. The first-order chi connectivity index (χ1) is 12.5. The monoisotopic (exact) mass is 353 g/mol. The van der Waals surface area contributed by atoms with Crippen molar-refractivity contribution < 1.29 is 9.59 Å². The van der Waals surface area contributed by atoms with Crippen molar-refractivity contribution in [3.63, 3.8) is 0 Å². The molecule has 1 N–H and O–H groups in total. The Kier molecular flexibility index (Phi) is 4.22. The Balaban J connectivity index is 1.57. The molecule has 136 valence electrons. The van der Waals surface area contributed by atoms with E-state index in [0.717, 1.165) is 24.4 Å². The number of hydrogen-bond acceptors (Lipinski definition) is 4. The summed E-state index contributed by atoms with van der Waals surface area (Å²) < 4.78 is 1.90. The summed E-state index contributed by atoms with van der Waals surface area (Å²) in [5, 5.41) is 3.12. The number of piperidine rings is 1. The number of aryl methyl sites for hydroxylation is 1. The lowest BCUT2D eigenvalue weighted by Crippen LogP contribution is -2.51. The number of pyridine rings is 1. The number of imidazole rings is 1. The molecule has 7 heteroatoms. The van der Waals surface area contributed by atoms with Gasteiger partial charge in [-0.05, 0) is 31.4 Å². The number of rotatable bonds is 4. The van der Waals surface area contributed by atoms with Crippen LogP contribution in [-0.2, 0) is 11.8 Å². The van der Waals surface area contributed by atoms with Crippen molar-refractivity contribution in [3.05, 3.63) is 47.8 Å². The van der Waals surface area contributed by atoms with Crippen LogP contribution in [0, 0.1) is 0 Å². The summed E-state index contributed by atoms with van der Waals surface area (Å²) in [4.78, 5) is 35.5. The maximum atomic E-state index is 12.8. The number of nitrogens with zero attached hydrogens (tertiary/aromatic N) is 4. The third-order valence-corrected chi connectivity index (χ3v) is 5.34. The fourth-order valence-corrected chi connectivity index (χ4v) is 3.65. The molecule has 1 aliphatic heterocycles. The van der Waals surface area contributed by atoms with Crippen molar-refractivity contribution in [1.29, 1.82) is 0 Å². The molecule has 2 aromatic heterocycles. The minimum atomic E-state index is -0.273. The lowest BCUT2D eigenvalue weighted by Gasteiger charge is -2.38. The van der Waals surface area contributed by atoms with Crippen molar-refractivity contribution >= 4 is 11.8 Å². The second-order valence-corrected chi connectivity index (χ2v) is 7.21. The first-order valence-electron chi connectivity index (χ1n) is 9.04.